The van der Waals surface area contributed by atoms with E-state index in [1.54, 1.807) is 11.3 Å². The molecule has 0 saturated heterocycles. The van der Waals surface area contributed by atoms with E-state index in [0.717, 1.165) is 25.8 Å². The molecular weight excluding hydrogens is 330 g/mol. The van der Waals surface area contributed by atoms with Gasteiger partial charge in [-0.1, -0.05) is 6.07 Å². The second-order valence-corrected chi connectivity index (χ2v) is 8.22. The second kappa shape index (κ2) is 7.12. The molecule has 0 spiro atoms. The fraction of sp³-hybridized carbons (Fsp3) is 0.429. The predicted molar refractivity (Wildman–Crippen MR) is 104 cm³/mol. The number of thiophene rings is 1. The highest BCUT2D eigenvalue weighted by Gasteiger charge is 2.42. The van der Waals surface area contributed by atoms with Gasteiger partial charge >= 0.3 is 5.97 Å². The first-order valence-corrected chi connectivity index (χ1v) is 9.81. The summed E-state index contributed by atoms with van der Waals surface area (Å²) < 4.78 is 2.42. The monoisotopic (exact) mass is 356 g/mol. The number of benzene rings is 1. The Bertz CT molecular complexity index is 803. The third kappa shape index (κ3) is 3.54. The largest absolute Gasteiger partial charge is 0.481 e. The number of rotatable bonds is 7. The van der Waals surface area contributed by atoms with Crippen molar-refractivity contribution < 1.29 is 14.5 Å². The van der Waals surface area contributed by atoms with E-state index >= 15 is 0 Å². The predicted octanol–water partition coefficient (Wildman–Crippen LogP) is 5.46. The first kappa shape index (κ1) is 17.9. The summed E-state index contributed by atoms with van der Waals surface area (Å²) in [6.07, 6.45) is 3.01. The molecule has 0 amide bonds. The molecular formula is C21H26NO2S+. The first-order valence-electron chi connectivity index (χ1n) is 8.93. The van der Waals surface area contributed by atoms with E-state index in [1.807, 2.05) is 0 Å². The van der Waals surface area contributed by atoms with Gasteiger partial charge in [-0.15, -0.1) is 11.3 Å². The van der Waals surface area contributed by atoms with Crippen molar-refractivity contribution in [2.24, 2.45) is 0 Å². The Morgan fingerprint density at radius 2 is 2.00 bits per heavy atom. The molecule has 0 saturated carbocycles. The third-order valence-electron chi connectivity index (χ3n) is 5.35. The molecule has 3 nitrogen and oxygen atoms in total. The van der Waals surface area contributed by atoms with E-state index in [0.29, 0.717) is 0 Å². The van der Waals surface area contributed by atoms with E-state index in [9.17, 15) is 4.79 Å². The molecule has 0 fully saturated rings. The number of hydrogen-bond donors (Lipinski definition) is 1. The fourth-order valence-electron chi connectivity index (χ4n) is 3.59. The normalized spacial score (nSPS) is 15.5. The molecule has 1 aromatic carbocycles. The smallest absolute Gasteiger partial charge is 0.303 e. The standard InChI is InChI=1S/C21H25NO2S/c1-15-21(2,3)17-14-16(19-8-7-13-25-19)10-11-18(17)22(15)12-6-4-5-9-20(23)24/h7-8,10-11,13-14H,4-6,9,12H2,1-3H3/p+1. The van der Waals surface area contributed by atoms with E-state index in [1.165, 1.54) is 27.4 Å². The van der Waals surface area contributed by atoms with Crippen LogP contribution in [0.3, 0.4) is 0 Å². The van der Waals surface area contributed by atoms with E-state index in [2.05, 4.69) is 61.1 Å². The minimum atomic E-state index is -0.698. The van der Waals surface area contributed by atoms with Crippen LogP contribution in [0.4, 0.5) is 5.69 Å². The van der Waals surface area contributed by atoms with Gasteiger partial charge in [0.05, 0.1) is 5.41 Å². The summed E-state index contributed by atoms with van der Waals surface area (Å²) in [7, 11) is 0. The number of carboxylic acid groups (broad SMARTS) is 1. The van der Waals surface area contributed by atoms with Crippen molar-refractivity contribution in [3.63, 3.8) is 0 Å². The lowest BCUT2D eigenvalue weighted by atomic mass is 9.81. The van der Waals surface area contributed by atoms with E-state index < -0.39 is 5.97 Å². The molecule has 2 heterocycles. The van der Waals surface area contributed by atoms with Gasteiger partial charge in [0.15, 0.2) is 5.71 Å². The maximum atomic E-state index is 10.6. The number of nitrogens with zero attached hydrogens (tertiary/aromatic N) is 1. The number of aliphatic carboxylic acids is 1. The van der Waals surface area contributed by atoms with Crippen molar-refractivity contribution in [1.29, 1.82) is 0 Å². The summed E-state index contributed by atoms with van der Waals surface area (Å²) >= 11 is 1.78. The van der Waals surface area contributed by atoms with Crippen molar-refractivity contribution >= 4 is 28.7 Å². The molecule has 3 rings (SSSR count). The molecule has 0 bridgehead atoms. The lowest BCUT2D eigenvalue weighted by Crippen LogP contribution is -2.26. The van der Waals surface area contributed by atoms with Crippen LogP contribution in [0, 0.1) is 0 Å². The van der Waals surface area contributed by atoms with Crippen LogP contribution >= 0.6 is 11.3 Å². The van der Waals surface area contributed by atoms with Crippen LogP contribution in [0.2, 0.25) is 0 Å². The Labute approximate surface area is 153 Å². The first-order chi connectivity index (χ1) is 11.9. The molecule has 0 unspecified atom stereocenters. The fourth-order valence-corrected chi connectivity index (χ4v) is 4.32. The molecule has 2 aromatic rings. The summed E-state index contributed by atoms with van der Waals surface area (Å²) in [4.78, 5) is 11.9. The third-order valence-corrected chi connectivity index (χ3v) is 6.27. The van der Waals surface area contributed by atoms with Crippen LogP contribution < -0.4 is 0 Å². The average molecular weight is 357 g/mol. The summed E-state index contributed by atoms with van der Waals surface area (Å²) in [6.45, 7) is 7.77. The van der Waals surface area contributed by atoms with Gasteiger partial charge in [0.25, 0.3) is 0 Å². The average Bonchev–Trinajstić information content (AvgIpc) is 3.16. The summed E-state index contributed by atoms with van der Waals surface area (Å²) in [6, 6.07) is 11.1. The summed E-state index contributed by atoms with van der Waals surface area (Å²) in [5, 5.41) is 10.9. The number of unbranched alkanes of at least 4 members (excludes halogenated alkanes) is 2. The molecule has 4 heteroatoms. The Kier molecular flexibility index (Phi) is 5.09. The molecule has 0 radical (unpaired) electrons. The quantitative estimate of drug-likeness (QED) is 0.529. The van der Waals surface area contributed by atoms with Gasteiger partial charge in [-0.2, -0.15) is 4.58 Å². The molecule has 1 aliphatic heterocycles. The highest BCUT2D eigenvalue weighted by atomic mass is 32.1. The van der Waals surface area contributed by atoms with Crippen molar-refractivity contribution in [2.75, 3.05) is 6.54 Å². The van der Waals surface area contributed by atoms with Gasteiger partial charge in [0, 0.05) is 36.3 Å². The number of carbonyl (C=O) groups is 1. The van der Waals surface area contributed by atoms with Crippen molar-refractivity contribution in [3.05, 3.63) is 41.3 Å². The molecule has 132 valence electrons. The van der Waals surface area contributed by atoms with Crippen molar-refractivity contribution in [3.8, 4) is 10.4 Å². The Morgan fingerprint density at radius 3 is 2.68 bits per heavy atom. The van der Waals surface area contributed by atoms with E-state index in [4.69, 9.17) is 5.11 Å². The van der Waals surface area contributed by atoms with Gasteiger partial charge in [-0.3, -0.25) is 4.79 Å². The lowest BCUT2D eigenvalue weighted by Gasteiger charge is -2.15. The Morgan fingerprint density at radius 1 is 1.20 bits per heavy atom. The van der Waals surface area contributed by atoms with Crippen LogP contribution in [0.1, 0.15) is 52.0 Å². The Hall–Kier alpha value is -1.94. The van der Waals surface area contributed by atoms with E-state index in [-0.39, 0.29) is 11.8 Å². The molecule has 1 aromatic heterocycles. The minimum Gasteiger partial charge on any atom is -0.481 e. The van der Waals surface area contributed by atoms with Crippen LogP contribution in [-0.2, 0) is 10.2 Å². The lowest BCUT2D eigenvalue weighted by molar-refractivity contribution is -0.439. The highest BCUT2D eigenvalue weighted by molar-refractivity contribution is 7.13. The SMILES string of the molecule is CC1=[N+](CCCCCC(=O)O)c2ccc(-c3cccs3)cc2C1(C)C. The highest BCUT2D eigenvalue weighted by Crippen LogP contribution is 2.42. The molecule has 0 aliphatic carbocycles. The van der Waals surface area contributed by atoms with Crippen LogP contribution in [-0.4, -0.2) is 27.9 Å². The van der Waals surface area contributed by atoms with Gasteiger partial charge in [0.1, 0.15) is 6.54 Å². The van der Waals surface area contributed by atoms with Gasteiger partial charge in [0.2, 0.25) is 5.69 Å². The zero-order valence-corrected chi connectivity index (χ0v) is 16.0. The maximum Gasteiger partial charge on any atom is 0.303 e. The van der Waals surface area contributed by atoms with Gasteiger partial charge in [-0.05, 0) is 55.8 Å². The molecule has 1 aliphatic rings. The Balaban J connectivity index is 1.80. The van der Waals surface area contributed by atoms with Crippen molar-refractivity contribution in [1.82, 2.24) is 0 Å². The zero-order valence-electron chi connectivity index (χ0n) is 15.2. The van der Waals surface area contributed by atoms with Crippen LogP contribution in [0.25, 0.3) is 10.4 Å². The number of fused-ring (bicyclic) bond motifs is 1. The second-order valence-electron chi connectivity index (χ2n) is 7.28. The maximum absolute atomic E-state index is 10.6. The van der Waals surface area contributed by atoms with Crippen LogP contribution in [0.15, 0.2) is 35.7 Å². The van der Waals surface area contributed by atoms with Gasteiger partial charge in [-0.25, -0.2) is 0 Å². The minimum absolute atomic E-state index is 0.0314. The summed E-state index contributed by atoms with van der Waals surface area (Å²) in [5.74, 6) is -0.698. The topological polar surface area (TPSA) is 40.3 Å². The molecule has 25 heavy (non-hydrogen) atoms. The van der Waals surface area contributed by atoms with Crippen LogP contribution in [0.5, 0.6) is 0 Å². The van der Waals surface area contributed by atoms with Crippen molar-refractivity contribution in [2.45, 2.75) is 51.9 Å². The molecule has 0 atom stereocenters. The zero-order chi connectivity index (χ0) is 18.0. The number of carboxylic acids is 1. The van der Waals surface area contributed by atoms with Gasteiger partial charge < -0.3 is 5.11 Å². The summed E-state index contributed by atoms with van der Waals surface area (Å²) in [5.41, 5.74) is 5.40. The molecule has 1 N–H and O–H groups in total. The number of hydrogen-bond acceptors (Lipinski definition) is 2.